The lowest BCUT2D eigenvalue weighted by Crippen LogP contribution is -2.61. The molecule has 0 aromatic rings. The van der Waals surface area contributed by atoms with E-state index in [1.807, 2.05) is 0 Å². The summed E-state index contributed by atoms with van der Waals surface area (Å²) >= 11 is 0. The minimum atomic E-state index is 0.715. The first-order valence-corrected chi connectivity index (χ1v) is 6.17. The average Bonchev–Trinajstić information content (AvgIpc) is 2.05. The topological polar surface area (TPSA) is 15.3 Å². The Morgan fingerprint density at radius 2 is 2.00 bits per heavy atom. The third kappa shape index (κ3) is 1.96. The molecule has 1 saturated carbocycles. The van der Waals surface area contributed by atoms with Gasteiger partial charge < -0.3 is 5.32 Å². The zero-order valence-electron chi connectivity index (χ0n) is 9.79. The Morgan fingerprint density at radius 1 is 1.29 bits per heavy atom. The quantitative estimate of drug-likeness (QED) is 0.725. The molecule has 2 rings (SSSR count). The second kappa shape index (κ2) is 4.19. The number of nitrogens with zero attached hydrogens (tertiary/aromatic N) is 1. The maximum atomic E-state index is 3.66. The molecule has 0 aromatic heterocycles. The van der Waals surface area contributed by atoms with Crippen LogP contribution in [-0.4, -0.2) is 36.1 Å². The van der Waals surface area contributed by atoms with Crippen molar-refractivity contribution in [3.05, 3.63) is 0 Å². The van der Waals surface area contributed by atoms with Gasteiger partial charge in [-0.05, 0) is 25.7 Å². The molecule has 0 aromatic carbocycles. The van der Waals surface area contributed by atoms with Gasteiger partial charge >= 0.3 is 0 Å². The fraction of sp³-hybridized carbons (Fsp3) is 1.00. The summed E-state index contributed by atoms with van der Waals surface area (Å²) in [4.78, 5) is 2.74. The van der Waals surface area contributed by atoms with E-state index in [-0.39, 0.29) is 0 Å². The predicted octanol–water partition coefficient (Wildman–Crippen LogP) is 1.86. The maximum Gasteiger partial charge on any atom is 0.0218 e. The summed E-state index contributed by atoms with van der Waals surface area (Å²) in [5, 5.41) is 3.66. The van der Waals surface area contributed by atoms with Crippen molar-refractivity contribution in [3.63, 3.8) is 0 Å². The minimum Gasteiger partial charge on any atom is -0.311 e. The van der Waals surface area contributed by atoms with Gasteiger partial charge in [0.15, 0.2) is 0 Å². The molecule has 1 aliphatic heterocycles. The molecule has 2 fully saturated rings. The predicted molar refractivity (Wildman–Crippen MR) is 60.4 cm³/mol. The van der Waals surface area contributed by atoms with Crippen LogP contribution in [0.2, 0.25) is 0 Å². The molecule has 2 unspecified atom stereocenters. The number of piperazine rings is 1. The lowest BCUT2D eigenvalue weighted by Gasteiger charge is -2.47. The minimum absolute atomic E-state index is 0.715. The number of rotatable bonds is 2. The van der Waals surface area contributed by atoms with Gasteiger partial charge in [0, 0.05) is 31.2 Å². The highest BCUT2D eigenvalue weighted by Gasteiger charge is 2.33. The van der Waals surface area contributed by atoms with Crippen molar-refractivity contribution in [1.82, 2.24) is 10.2 Å². The van der Waals surface area contributed by atoms with Gasteiger partial charge in [0.25, 0.3) is 0 Å². The van der Waals surface area contributed by atoms with E-state index in [4.69, 9.17) is 0 Å². The Hall–Kier alpha value is -0.0800. The summed E-state index contributed by atoms with van der Waals surface area (Å²) < 4.78 is 0. The molecule has 2 heteroatoms. The van der Waals surface area contributed by atoms with Gasteiger partial charge in [-0.3, -0.25) is 4.90 Å². The van der Waals surface area contributed by atoms with Gasteiger partial charge in [0.2, 0.25) is 0 Å². The van der Waals surface area contributed by atoms with Crippen LogP contribution in [0.5, 0.6) is 0 Å². The van der Waals surface area contributed by atoms with E-state index in [9.17, 15) is 0 Å². The molecule has 0 amide bonds. The molecule has 0 radical (unpaired) electrons. The summed E-state index contributed by atoms with van der Waals surface area (Å²) in [6, 6.07) is 2.37. The van der Waals surface area contributed by atoms with E-state index in [2.05, 4.69) is 31.0 Å². The van der Waals surface area contributed by atoms with E-state index in [0.717, 1.165) is 18.0 Å². The van der Waals surface area contributed by atoms with Gasteiger partial charge in [0.05, 0.1) is 0 Å². The van der Waals surface area contributed by atoms with Crippen LogP contribution in [0.3, 0.4) is 0 Å². The van der Waals surface area contributed by atoms with Gasteiger partial charge in [-0.15, -0.1) is 0 Å². The molecule has 1 aliphatic carbocycles. The van der Waals surface area contributed by atoms with Crippen LogP contribution in [0.25, 0.3) is 0 Å². The fourth-order valence-corrected chi connectivity index (χ4v) is 2.58. The van der Waals surface area contributed by atoms with Crippen LogP contribution in [-0.2, 0) is 0 Å². The van der Waals surface area contributed by atoms with Crippen molar-refractivity contribution in [2.45, 2.75) is 58.2 Å². The van der Waals surface area contributed by atoms with Gasteiger partial charge in [-0.1, -0.05) is 20.3 Å². The highest BCUT2D eigenvalue weighted by molar-refractivity contribution is 4.91. The normalized spacial score (nSPS) is 36.0. The number of hydrogen-bond donors (Lipinski definition) is 1. The summed E-state index contributed by atoms with van der Waals surface area (Å²) in [5.74, 6) is 0.769. The molecule has 1 heterocycles. The first kappa shape index (κ1) is 10.4. The Bertz CT molecular complexity index is 185. The number of hydrogen-bond acceptors (Lipinski definition) is 2. The molecule has 82 valence electrons. The lowest BCUT2D eigenvalue weighted by molar-refractivity contribution is 0.0412. The molecular formula is C12H24N2. The highest BCUT2D eigenvalue weighted by atomic mass is 15.3. The third-order valence-electron chi connectivity index (χ3n) is 4.00. The average molecular weight is 196 g/mol. The van der Waals surface area contributed by atoms with Crippen LogP contribution < -0.4 is 5.32 Å². The summed E-state index contributed by atoms with van der Waals surface area (Å²) in [7, 11) is 0. The summed E-state index contributed by atoms with van der Waals surface area (Å²) in [5.41, 5.74) is 0. The SMILES string of the molecule is CC(C)C1CN(C2CCC2)C(C)CN1. The third-order valence-corrected chi connectivity index (χ3v) is 4.00. The Morgan fingerprint density at radius 3 is 2.50 bits per heavy atom. The highest BCUT2D eigenvalue weighted by Crippen LogP contribution is 2.28. The van der Waals surface area contributed by atoms with Crippen molar-refractivity contribution in [2.24, 2.45) is 5.92 Å². The summed E-state index contributed by atoms with van der Waals surface area (Å²) in [6.45, 7) is 9.46. The van der Waals surface area contributed by atoms with Crippen LogP contribution in [0.1, 0.15) is 40.0 Å². The molecule has 0 spiro atoms. The van der Waals surface area contributed by atoms with E-state index in [1.165, 1.54) is 32.4 Å². The molecule has 2 aliphatic rings. The molecular weight excluding hydrogens is 172 g/mol. The molecule has 2 nitrogen and oxygen atoms in total. The Labute approximate surface area is 88.1 Å². The zero-order chi connectivity index (χ0) is 10.1. The van der Waals surface area contributed by atoms with Gasteiger partial charge in [0.1, 0.15) is 0 Å². The van der Waals surface area contributed by atoms with E-state index >= 15 is 0 Å². The van der Waals surface area contributed by atoms with E-state index < -0.39 is 0 Å². The zero-order valence-corrected chi connectivity index (χ0v) is 9.79. The molecule has 14 heavy (non-hydrogen) atoms. The second-order valence-electron chi connectivity index (χ2n) is 5.39. The van der Waals surface area contributed by atoms with Crippen LogP contribution in [0, 0.1) is 5.92 Å². The van der Waals surface area contributed by atoms with E-state index in [0.29, 0.717) is 6.04 Å². The monoisotopic (exact) mass is 196 g/mol. The first-order chi connectivity index (χ1) is 6.68. The summed E-state index contributed by atoms with van der Waals surface area (Å²) in [6.07, 6.45) is 4.33. The molecule has 1 saturated heterocycles. The second-order valence-corrected chi connectivity index (χ2v) is 5.39. The number of nitrogens with one attached hydrogen (secondary N) is 1. The largest absolute Gasteiger partial charge is 0.311 e. The van der Waals surface area contributed by atoms with E-state index in [1.54, 1.807) is 0 Å². The van der Waals surface area contributed by atoms with Crippen LogP contribution >= 0.6 is 0 Å². The van der Waals surface area contributed by atoms with Crippen molar-refractivity contribution >= 4 is 0 Å². The van der Waals surface area contributed by atoms with Crippen molar-refractivity contribution in [2.75, 3.05) is 13.1 Å². The van der Waals surface area contributed by atoms with Crippen molar-refractivity contribution in [1.29, 1.82) is 0 Å². The fourth-order valence-electron chi connectivity index (χ4n) is 2.58. The van der Waals surface area contributed by atoms with Crippen molar-refractivity contribution in [3.8, 4) is 0 Å². The standard InChI is InChI=1S/C12H24N2/c1-9(2)12-8-14(10(3)7-13-12)11-5-4-6-11/h9-13H,4-8H2,1-3H3. The Kier molecular flexibility index (Phi) is 3.13. The first-order valence-electron chi connectivity index (χ1n) is 6.17. The molecule has 1 N–H and O–H groups in total. The molecule has 2 atom stereocenters. The van der Waals surface area contributed by atoms with Gasteiger partial charge in [-0.25, -0.2) is 0 Å². The Balaban J connectivity index is 1.92. The van der Waals surface area contributed by atoms with Crippen LogP contribution in [0.4, 0.5) is 0 Å². The van der Waals surface area contributed by atoms with Crippen LogP contribution in [0.15, 0.2) is 0 Å². The molecule has 0 bridgehead atoms. The lowest BCUT2D eigenvalue weighted by atomic mass is 9.88. The van der Waals surface area contributed by atoms with Gasteiger partial charge in [-0.2, -0.15) is 0 Å². The van der Waals surface area contributed by atoms with Crippen molar-refractivity contribution < 1.29 is 0 Å². The maximum absolute atomic E-state index is 3.66. The smallest absolute Gasteiger partial charge is 0.0218 e.